The van der Waals surface area contributed by atoms with Crippen molar-refractivity contribution in [3.8, 4) is 5.75 Å². The smallest absolute Gasteiger partial charge is 0.195 e. The zero-order chi connectivity index (χ0) is 18.8. The number of nitrogens with one attached hydrogen (secondary N) is 2. The van der Waals surface area contributed by atoms with E-state index < -0.39 is 0 Å². The summed E-state index contributed by atoms with van der Waals surface area (Å²) in [7, 11) is 3.44. The Balaban J connectivity index is 0.00000364. The molecule has 27 heavy (non-hydrogen) atoms. The Labute approximate surface area is 177 Å². The van der Waals surface area contributed by atoms with E-state index in [1.807, 2.05) is 38.1 Å². The van der Waals surface area contributed by atoms with Gasteiger partial charge in [0.15, 0.2) is 5.96 Å². The van der Waals surface area contributed by atoms with Crippen LogP contribution in [0.4, 0.5) is 5.69 Å². The molecule has 0 unspecified atom stereocenters. The lowest BCUT2D eigenvalue weighted by atomic mass is 10.1. The third-order valence-electron chi connectivity index (χ3n) is 3.93. The minimum absolute atomic E-state index is 0. The van der Waals surface area contributed by atoms with Crippen molar-refractivity contribution in [2.24, 2.45) is 4.99 Å². The van der Waals surface area contributed by atoms with Gasteiger partial charge in [-0.25, -0.2) is 0 Å². The highest BCUT2D eigenvalue weighted by atomic mass is 127. The van der Waals surface area contributed by atoms with E-state index in [0.29, 0.717) is 19.2 Å². The third-order valence-corrected chi connectivity index (χ3v) is 3.93. The van der Waals surface area contributed by atoms with E-state index in [0.717, 1.165) is 47.8 Å². The van der Waals surface area contributed by atoms with E-state index in [-0.39, 0.29) is 24.0 Å². The van der Waals surface area contributed by atoms with Crippen LogP contribution >= 0.6 is 24.0 Å². The number of guanidine groups is 1. The molecule has 8 heteroatoms. The number of nitrogens with zero attached hydrogens (tertiary/aromatic N) is 2. The summed E-state index contributed by atoms with van der Waals surface area (Å²) >= 11 is 0. The molecule has 0 saturated carbocycles. The van der Waals surface area contributed by atoms with Crippen molar-refractivity contribution in [2.75, 3.05) is 39.2 Å². The van der Waals surface area contributed by atoms with Gasteiger partial charge in [0, 0.05) is 51.0 Å². The summed E-state index contributed by atoms with van der Waals surface area (Å²) in [4.78, 5) is 4.26. The Morgan fingerprint density at radius 2 is 2.07 bits per heavy atom. The fourth-order valence-corrected chi connectivity index (χ4v) is 2.54. The second-order valence-electron chi connectivity index (χ2n) is 5.90. The molecule has 0 aliphatic rings. The van der Waals surface area contributed by atoms with E-state index in [9.17, 15) is 0 Å². The molecular weight excluding hydrogens is 459 g/mol. The zero-order valence-corrected chi connectivity index (χ0v) is 18.7. The Morgan fingerprint density at radius 1 is 1.26 bits per heavy atom. The summed E-state index contributed by atoms with van der Waals surface area (Å²) in [5.41, 5.74) is 2.99. The molecule has 0 fully saturated rings. The van der Waals surface area contributed by atoms with E-state index in [2.05, 4.69) is 20.8 Å². The van der Waals surface area contributed by atoms with Crippen molar-refractivity contribution in [1.82, 2.24) is 10.5 Å². The largest absolute Gasteiger partial charge is 0.493 e. The van der Waals surface area contributed by atoms with Crippen LogP contribution < -0.4 is 15.4 Å². The number of aliphatic imine (C=N–C) groups is 1. The summed E-state index contributed by atoms with van der Waals surface area (Å²) in [5, 5.41) is 10.6. The Bertz CT molecular complexity index is 699. The van der Waals surface area contributed by atoms with Gasteiger partial charge in [-0.15, -0.1) is 24.0 Å². The summed E-state index contributed by atoms with van der Waals surface area (Å²) < 4.78 is 15.9. The maximum atomic E-state index is 5.72. The molecule has 0 aliphatic carbocycles. The molecule has 7 nitrogen and oxygen atoms in total. The number of hydrogen-bond donors (Lipinski definition) is 2. The molecule has 2 aromatic rings. The standard InChI is InChI=1S/C19H28N4O3.HI/c1-14-18(15(2)26-23-14)9-10-21-19(20-3)22-16-7-5-8-17(13-16)25-12-6-11-24-4;/h5,7-8,13H,6,9-12H2,1-4H3,(H2,20,21,22);1H. The monoisotopic (exact) mass is 488 g/mol. The van der Waals surface area contributed by atoms with E-state index >= 15 is 0 Å². The van der Waals surface area contributed by atoms with Gasteiger partial charge in [-0.05, 0) is 32.4 Å². The molecule has 2 rings (SSSR count). The van der Waals surface area contributed by atoms with Gasteiger partial charge >= 0.3 is 0 Å². The summed E-state index contributed by atoms with van der Waals surface area (Å²) in [6.45, 7) is 5.94. The Hall–Kier alpha value is -1.81. The SMILES string of the molecule is CN=C(NCCc1c(C)noc1C)Nc1cccc(OCCCOC)c1.I. The molecule has 0 aliphatic heterocycles. The van der Waals surface area contributed by atoms with Crippen LogP contribution in [0.3, 0.4) is 0 Å². The summed E-state index contributed by atoms with van der Waals surface area (Å²) in [6, 6.07) is 7.81. The first kappa shape index (κ1) is 23.2. The highest BCUT2D eigenvalue weighted by Crippen LogP contribution is 2.17. The first-order valence-corrected chi connectivity index (χ1v) is 8.75. The van der Waals surface area contributed by atoms with Crippen molar-refractivity contribution in [3.05, 3.63) is 41.3 Å². The van der Waals surface area contributed by atoms with Crippen LogP contribution in [0.5, 0.6) is 5.75 Å². The number of anilines is 1. The predicted molar refractivity (Wildman–Crippen MR) is 119 cm³/mol. The minimum Gasteiger partial charge on any atom is -0.493 e. The number of aryl methyl sites for hydroxylation is 2. The van der Waals surface area contributed by atoms with Crippen LogP contribution in [0, 0.1) is 13.8 Å². The number of methoxy groups -OCH3 is 1. The summed E-state index contributed by atoms with van der Waals surface area (Å²) in [6.07, 6.45) is 1.68. The second kappa shape index (κ2) is 12.6. The minimum atomic E-state index is 0. The Kier molecular flexibility index (Phi) is 10.8. The molecule has 2 N–H and O–H groups in total. The fourth-order valence-electron chi connectivity index (χ4n) is 2.54. The average Bonchev–Trinajstić information content (AvgIpc) is 2.96. The van der Waals surface area contributed by atoms with Crippen LogP contribution in [0.2, 0.25) is 0 Å². The quantitative estimate of drug-likeness (QED) is 0.243. The van der Waals surface area contributed by atoms with Crippen LogP contribution in [-0.2, 0) is 11.2 Å². The molecule has 150 valence electrons. The van der Waals surface area contributed by atoms with Crippen molar-refractivity contribution in [1.29, 1.82) is 0 Å². The maximum absolute atomic E-state index is 5.72. The number of hydrogen-bond acceptors (Lipinski definition) is 5. The van der Waals surface area contributed by atoms with Crippen LogP contribution in [0.15, 0.2) is 33.8 Å². The average molecular weight is 488 g/mol. The van der Waals surface area contributed by atoms with Gasteiger partial charge in [0.2, 0.25) is 0 Å². The van der Waals surface area contributed by atoms with Crippen molar-refractivity contribution in [2.45, 2.75) is 26.7 Å². The van der Waals surface area contributed by atoms with Crippen LogP contribution in [-0.4, -0.2) is 45.0 Å². The highest BCUT2D eigenvalue weighted by molar-refractivity contribution is 14.0. The lowest BCUT2D eigenvalue weighted by Gasteiger charge is -2.13. The van der Waals surface area contributed by atoms with E-state index in [1.165, 1.54) is 0 Å². The van der Waals surface area contributed by atoms with Crippen molar-refractivity contribution >= 4 is 35.6 Å². The molecular formula is C19H29IN4O3. The number of aromatic nitrogens is 1. The Morgan fingerprint density at radius 3 is 2.74 bits per heavy atom. The van der Waals surface area contributed by atoms with Gasteiger partial charge in [-0.1, -0.05) is 11.2 Å². The fraction of sp³-hybridized carbons (Fsp3) is 0.474. The number of ether oxygens (including phenoxy) is 2. The highest BCUT2D eigenvalue weighted by Gasteiger charge is 2.09. The molecule has 1 heterocycles. The molecule has 1 aromatic heterocycles. The van der Waals surface area contributed by atoms with Gasteiger partial charge in [0.1, 0.15) is 11.5 Å². The van der Waals surface area contributed by atoms with Gasteiger partial charge in [-0.2, -0.15) is 0 Å². The van der Waals surface area contributed by atoms with Crippen LogP contribution in [0.1, 0.15) is 23.4 Å². The first-order chi connectivity index (χ1) is 12.6. The van der Waals surface area contributed by atoms with E-state index in [1.54, 1.807) is 14.2 Å². The molecule has 0 atom stereocenters. The normalized spacial score (nSPS) is 11.0. The molecule has 0 bridgehead atoms. The maximum Gasteiger partial charge on any atom is 0.195 e. The first-order valence-electron chi connectivity index (χ1n) is 8.75. The number of rotatable bonds is 9. The van der Waals surface area contributed by atoms with E-state index in [4.69, 9.17) is 14.0 Å². The topological polar surface area (TPSA) is 80.9 Å². The molecule has 0 amide bonds. The van der Waals surface area contributed by atoms with Crippen molar-refractivity contribution in [3.63, 3.8) is 0 Å². The van der Waals surface area contributed by atoms with Crippen molar-refractivity contribution < 1.29 is 14.0 Å². The molecule has 0 saturated heterocycles. The van der Waals surface area contributed by atoms with Gasteiger partial charge in [-0.3, -0.25) is 4.99 Å². The number of halogens is 1. The number of benzene rings is 1. The predicted octanol–water partition coefficient (Wildman–Crippen LogP) is 3.55. The molecule has 0 spiro atoms. The summed E-state index contributed by atoms with van der Waals surface area (Å²) in [5.74, 6) is 2.39. The zero-order valence-electron chi connectivity index (χ0n) is 16.4. The molecule has 0 radical (unpaired) electrons. The van der Waals surface area contributed by atoms with Gasteiger partial charge in [0.25, 0.3) is 0 Å². The van der Waals surface area contributed by atoms with Gasteiger partial charge in [0.05, 0.1) is 12.3 Å². The van der Waals surface area contributed by atoms with Crippen LogP contribution in [0.25, 0.3) is 0 Å². The molecule has 1 aromatic carbocycles. The lowest BCUT2D eigenvalue weighted by molar-refractivity contribution is 0.172. The second-order valence-corrected chi connectivity index (χ2v) is 5.90. The lowest BCUT2D eigenvalue weighted by Crippen LogP contribution is -2.32. The third kappa shape index (κ3) is 7.76. The van der Waals surface area contributed by atoms with Gasteiger partial charge < -0.3 is 24.6 Å².